The summed E-state index contributed by atoms with van der Waals surface area (Å²) in [7, 11) is 14.1. The van der Waals surface area contributed by atoms with Gasteiger partial charge in [0, 0.05) is 31.4 Å². The molecular weight excluding hydrogens is 539 g/mol. The van der Waals surface area contributed by atoms with Crippen LogP contribution in [0.1, 0.15) is 0 Å². The molecule has 13 heteroatoms. The molecule has 0 aliphatic heterocycles. The fourth-order valence-corrected chi connectivity index (χ4v) is 20.3. The van der Waals surface area contributed by atoms with Gasteiger partial charge >= 0.3 is 8.80 Å². The molecule has 0 saturated carbocycles. The molecule has 3 rings (SSSR count). The third kappa shape index (κ3) is 6.68. The zero-order valence-electron chi connectivity index (χ0n) is 15.6. The van der Waals surface area contributed by atoms with Crippen LogP contribution in [0.25, 0.3) is 10.2 Å². The van der Waals surface area contributed by atoms with Gasteiger partial charge in [0.1, 0.15) is 0 Å². The van der Waals surface area contributed by atoms with E-state index in [9.17, 15) is 0 Å². The van der Waals surface area contributed by atoms with Crippen molar-refractivity contribution >= 4 is 106 Å². The summed E-state index contributed by atoms with van der Waals surface area (Å²) in [5, 5.41) is 0.990. The Morgan fingerprint density at radius 3 is 2.10 bits per heavy atom. The molecule has 0 N–H and O–H groups in total. The molecule has 1 heterocycles. The van der Waals surface area contributed by atoms with Gasteiger partial charge in [0.05, 0.1) is 10.2 Å². The Hall–Kier alpha value is 0.877. The lowest BCUT2D eigenvalue weighted by molar-refractivity contribution is 0.140. The molecule has 0 aliphatic rings. The normalized spacial score (nSPS) is 12.0. The molecule has 156 valence electrons. The number of hydrogen-bond acceptors (Lipinski definition) is 12. The van der Waals surface area contributed by atoms with Gasteiger partial charge in [-0.3, -0.25) is 0 Å². The van der Waals surface area contributed by atoms with Gasteiger partial charge in [-0.15, -0.1) is 11.3 Å². The minimum atomic E-state index is -2.84. The van der Waals surface area contributed by atoms with E-state index in [4.69, 9.17) is 13.3 Å². The van der Waals surface area contributed by atoms with Crippen LogP contribution in [-0.2, 0) is 13.3 Å². The highest BCUT2D eigenvalue weighted by Crippen LogP contribution is 2.57. The van der Waals surface area contributed by atoms with Crippen LogP contribution in [0.4, 0.5) is 0 Å². The molecule has 0 aliphatic carbocycles. The largest absolute Gasteiger partial charge is 0.537 e. The van der Waals surface area contributed by atoms with E-state index >= 15 is 0 Å². The Bertz CT molecular complexity index is 869. The van der Waals surface area contributed by atoms with Crippen LogP contribution in [0.15, 0.2) is 57.8 Å². The van der Waals surface area contributed by atoms with Crippen molar-refractivity contribution in [2.24, 2.45) is 0 Å². The number of thiazole rings is 1. The first-order valence-electron chi connectivity index (χ1n) is 8.01. The molecule has 0 saturated heterocycles. The van der Waals surface area contributed by atoms with Crippen LogP contribution in [-0.4, -0.2) is 35.1 Å². The molecule has 0 radical (unpaired) electrons. The molecule has 29 heavy (non-hydrogen) atoms. The number of para-hydroxylation sites is 1. The molecular formula is C16H17NO3S8Si. The lowest BCUT2D eigenvalue weighted by Gasteiger charge is -2.26. The second kappa shape index (κ2) is 12.8. The zero-order chi connectivity index (χ0) is 20.5. The van der Waals surface area contributed by atoms with Crippen LogP contribution in [0.3, 0.4) is 0 Å². The lowest BCUT2D eigenvalue weighted by atomic mass is 10.3. The molecule has 0 atom stereocenters. The maximum atomic E-state index is 5.63. The lowest BCUT2D eigenvalue weighted by Crippen LogP contribution is -2.55. The van der Waals surface area contributed by atoms with E-state index in [2.05, 4.69) is 29.2 Å². The first-order chi connectivity index (χ1) is 14.2. The van der Waals surface area contributed by atoms with Crippen LogP contribution in [0.5, 0.6) is 0 Å². The number of nitrogens with zero attached hydrogens (tertiary/aromatic N) is 1. The fraction of sp³-hybridized carbons (Fsp3) is 0.188. The van der Waals surface area contributed by atoms with Gasteiger partial charge in [-0.2, -0.15) is 0 Å². The Morgan fingerprint density at radius 2 is 1.38 bits per heavy atom. The monoisotopic (exact) mass is 555 g/mol. The van der Waals surface area contributed by atoms with Crippen molar-refractivity contribution in [2.75, 3.05) is 21.3 Å². The first kappa shape index (κ1) is 24.5. The molecule has 0 fully saturated rings. The fourth-order valence-electron chi connectivity index (χ4n) is 2.39. The van der Waals surface area contributed by atoms with Crippen LogP contribution in [0.2, 0.25) is 0 Å². The van der Waals surface area contributed by atoms with Gasteiger partial charge in [0.15, 0.2) is 4.34 Å². The van der Waals surface area contributed by atoms with Gasteiger partial charge in [0.25, 0.3) is 0 Å². The van der Waals surface area contributed by atoms with E-state index in [0.717, 1.165) is 19.9 Å². The number of rotatable bonds is 12. The van der Waals surface area contributed by atoms with Crippen molar-refractivity contribution < 1.29 is 13.3 Å². The highest BCUT2D eigenvalue weighted by molar-refractivity contribution is 9.46. The first-order valence-corrected chi connectivity index (χ1v) is 19.4. The van der Waals surface area contributed by atoms with Gasteiger partial charge in [0.2, 0.25) is 0 Å². The SMILES string of the molecule is CO[Si](OC)(OC)c1ccccc1SSSSSSSc1nc2ccccc2s1. The molecule has 3 aromatic rings. The number of hydrogen-bond donors (Lipinski definition) is 0. The minimum absolute atomic E-state index is 0.990. The second-order valence-electron chi connectivity index (χ2n) is 5.12. The molecule has 0 spiro atoms. The van der Waals surface area contributed by atoms with Gasteiger partial charge in [-0.1, -0.05) is 30.3 Å². The van der Waals surface area contributed by atoms with E-state index in [1.165, 1.54) is 4.70 Å². The summed E-state index contributed by atoms with van der Waals surface area (Å²) in [6.07, 6.45) is 0. The van der Waals surface area contributed by atoms with E-state index in [1.807, 2.05) is 24.3 Å². The number of fused-ring (bicyclic) bond motifs is 1. The Morgan fingerprint density at radius 1 is 0.759 bits per heavy atom. The molecule has 0 unspecified atom stereocenters. The van der Waals surface area contributed by atoms with Crippen molar-refractivity contribution in [1.29, 1.82) is 0 Å². The van der Waals surface area contributed by atoms with Crippen LogP contribution in [0, 0.1) is 0 Å². The summed E-state index contributed by atoms with van der Waals surface area (Å²) in [4.78, 5) is 5.73. The number of benzene rings is 2. The third-order valence-electron chi connectivity index (χ3n) is 3.64. The summed E-state index contributed by atoms with van der Waals surface area (Å²) in [5.41, 5.74) is 1.07. The average Bonchev–Trinajstić information content (AvgIpc) is 3.18. The minimum Gasteiger partial charge on any atom is -0.373 e. The van der Waals surface area contributed by atoms with E-state index in [0.29, 0.717) is 0 Å². The summed E-state index contributed by atoms with van der Waals surface area (Å²) in [6.45, 7) is 0. The van der Waals surface area contributed by atoms with Gasteiger partial charge in [-0.05, 0) is 88.9 Å². The smallest absolute Gasteiger partial charge is 0.373 e. The molecule has 4 nitrogen and oxygen atoms in total. The van der Waals surface area contributed by atoms with Gasteiger partial charge < -0.3 is 13.3 Å². The average molecular weight is 556 g/mol. The van der Waals surface area contributed by atoms with Crippen molar-refractivity contribution in [3.05, 3.63) is 48.5 Å². The molecule has 1 aromatic heterocycles. The third-order valence-corrected chi connectivity index (χ3v) is 20.6. The van der Waals surface area contributed by atoms with Crippen molar-refractivity contribution in [3.63, 3.8) is 0 Å². The summed E-state index contributed by atoms with van der Waals surface area (Å²) >= 11 is 1.73. The predicted molar refractivity (Wildman–Crippen MR) is 142 cm³/mol. The van der Waals surface area contributed by atoms with E-state index < -0.39 is 8.80 Å². The second-order valence-corrected chi connectivity index (χ2v) is 20.3. The van der Waals surface area contributed by atoms with Crippen LogP contribution >= 0.6 is 82.1 Å². The summed E-state index contributed by atoms with van der Waals surface area (Å²) in [6, 6.07) is 16.3. The van der Waals surface area contributed by atoms with E-state index in [1.54, 1.807) is 103 Å². The summed E-state index contributed by atoms with van der Waals surface area (Å²) < 4.78 is 19.2. The van der Waals surface area contributed by atoms with Crippen molar-refractivity contribution in [1.82, 2.24) is 4.98 Å². The van der Waals surface area contributed by atoms with Crippen molar-refractivity contribution in [2.45, 2.75) is 9.24 Å². The maximum absolute atomic E-state index is 5.63. The zero-order valence-corrected chi connectivity index (χ0v) is 23.1. The topological polar surface area (TPSA) is 40.6 Å². The molecule has 0 bridgehead atoms. The summed E-state index contributed by atoms with van der Waals surface area (Å²) in [5.74, 6) is 0. The highest BCUT2D eigenvalue weighted by atomic mass is 33.9. The molecule has 0 amide bonds. The number of aromatic nitrogens is 1. The van der Waals surface area contributed by atoms with E-state index in [-0.39, 0.29) is 0 Å². The molecule has 2 aromatic carbocycles. The van der Waals surface area contributed by atoms with Gasteiger partial charge in [-0.25, -0.2) is 4.98 Å². The van der Waals surface area contributed by atoms with Crippen LogP contribution < -0.4 is 5.19 Å². The predicted octanol–water partition coefficient (Wildman–Crippen LogP) is 7.42. The Balaban J connectivity index is 1.42. The standard InChI is InChI=1S/C16H17NO3S8Si/c1-18-29(19-2,20-3)15-11-7-6-10-14(15)22-24-26-28-27-25-23-16-17-12-8-4-5-9-13(12)21-16/h4-11H,1-3H3. The Kier molecular flexibility index (Phi) is 10.8. The Labute approximate surface area is 201 Å². The maximum Gasteiger partial charge on any atom is 0.537 e. The van der Waals surface area contributed by atoms with Crippen molar-refractivity contribution in [3.8, 4) is 0 Å². The highest BCUT2D eigenvalue weighted by Gasteiger charge is 2.42. The quantitative estimate of drug-likeness (QED) is 0.127.